The lowest BCUT2D eigenvalue weighted by molar-refractivity contribution is 0.0841. The van der Waals surface area contributed by atoms with Crippen molar-refractivity contribution in [1.29, 1.82) is 0 Å². The highest BCUT2D eigenvalue weighted by molar-refractivity contribution is 6.03. The van der Waals surface area contributed by atoms with Gasteiger partial charge in [0, 0.05) is 23.3 Å². The Morgan fingerprint density at radius 3 is 2.59 bits per heavy atom. The lowest BCUT2D eigenvalue weighted by Crippen LogP contribution is -2.21. The second kappa shape index (κ2) is 7.23. The molecule has 0 saturated carbocycles. The fourth-order valence-electron chi connectivity index (χ4n) is 3.19. The molecular formula is C21H22O6. The number of fused-ring (bicyclic) bond motifs is 1. The zero-order chi connectivity index (χ0) is 19.7. The van der Waals surface area contributed by atoms with Gasteiger partial charge in [-0.3, -0.25) is 4.79 Å². The summed E-state index contributed by atoms with van der Waals surface area (Å²) in [6.45, 7) is 3.90. The van der Waals surface area contributed by atoms with Crippen LogP contribution in [0.4, 0.5) is 0 Å². The van der Waals surface area contributed by atoms with E-state index >= 15 is 0 Å². The van der Waals surface area contributed by atoms with E-state index in [0.717, 1.165) is 5.57 Å². The Bertz CT molecular complexity index is 925. The molecule has 1 heterocycles. The Morgan fingerprint density at radius 2 is 1.96 bits per heavy atom. The van der Waals surface area contributed by atoms with Gasteiger partial charge in [-0.2, -0.15) is 0 Å². The van der Waals surface area contributed by atoms with Crippen molar-refractivity contribution in [2.24, 2.45) is 0 Å². The number of ketones is 1. The Balaban J connectivity index is 2.05. The van der Waals surface area contributed by atoms with E-state index in [1.807, 2.05) is 19.9 Å². The first-order chi connectivity index (χ1) is 12.8. The van der Waals surface area contributed by atoms with Crippen LogP contribution in [0.25, 0.3) is 0 Å². The van der Waals surface area contributed by atoms with Crippen LogP contribution >= 0.6 is 0 Å². The van der Waals surface area contributed by atoms with Gasteiger partial charge >= 0.3 is 0 Å². The summed E-state index contributed by atoms with van der Waals surface area (Å²) in [6.07, 6.45) is 1.66. The highest BCUT2D eigenvalue weighted by Crippen LogP contribution is 2.46. The molecule has 142 valence electrons. The van der Waals surface area contributed by atoms with Gasteiger partial charge in [-0.05, 0) is 32.4 Å². The molecule has 0 bridgehead atoms. The highest BCUT2D eigenvalue weighted by atomic mass is 16.5. The first-order valence-corrected chi connectivity index (χ1v) is 8.59. The number of phenolic OH excluding ortho intramolecular Hbond substituents is 3. The molecule has 0 amide bonds. The number of Topliss-reactive ketones (excluding diaryl/α,β-unsaturated/α-hetero) is 1. The number of carbonyl (C=O) groups is 1. The first kappa shape index (κ1) is 18.6. The number of rotatable bonds is 4. The molecule has 3 rings (SSSR count). The van der Waals surface area contributed by atoms with Gasteiger partial charge in [-0.1, -0.05) is 11.6 Å². The van der Waals surface area contributed by atoms with Crippen molar-refractivity contribution in [3.8, 4) is 28.7 Å². The van der Waals surface area contributed by atoms with Crippen molar-refractivity contribution >= 4 is 5.78 Å². The van der Waals surface area contributed by atoms with Crippen molar-refractivity contribution in [2.75, 3.05) is 7.11 Å². The largest absolute Gasteiger partial charge is 0.508 e. The topological polar surface area (TPSA) is 96.2 Å². The molecule has 0 radical (unpaired) electrons. The van der Waals surface area contributed by atoms with Gasteiger partial charge in [-0.15, -0.1) is 0 Å². The average Bonchev–Trinajstić information content (AvgIpc) is 2.59. The molecule has 6 heteroatoms. The van der Waals surface area contributed by atoms with Gasteiger partial charge in [0.05, 0.1) is 13.5 Å². The van der Waals surface area contributed by atoms with E-state index in [0.29, 0.717) is 28.9 Å². The van der Waals surface area contributed by atoms with Gasteiger partial charge in [-0.25, -0.2) is 0 Å². The van der Waals surface area contributed by atoms with Crippen LogP contribution in [-0.4, -0.2) is 28.2 Å². The Hall–Kier alpha value is -3.15. The third kappa shape index (κ3) is 3.56. The molecule has 0 spiro atoms. The molecule has 27 heavy (non-hydrogen) atoms. The van der Waals surface area contributed by atoms with E-state index in [9.17, 15) is 20.1 Å². The maximum atomic E-state index is 12.8. The van der Waals surface area contributed by atoms with Gasteiger partial charge in [0.1, 0.15) is 40.4 Å². The molecule has 1 atom stereocenters. The molecule has 0 saturated heterocycles. The zero-order valence-electron chi connectivity index (χ0n) is 15.4. The Kier molecular flexibility index (Phi) is 4.99. The number of phenols is 3. The molecule has 1 aliphatic rings. The number of methoxy groups -OCH3 is 1. The SMILES string of the molecule is COc1c(CC=C(C)C)c(O)cc2c1C(=O)CC(c1ccc(O)cc1O)O2. The minimum Gasteiger partial charge on any atom is -0.508 e. The first-order valence-electron chi connectivity index (χ1n) is 8.59. The predicted octanol–water partition coefficient (Wildman–Crippen LogP) is 4.03. The normalized spacial score (nSPS) is 15.7. The zero-order valence-corrected chi connectivity index (χ0v) is 15.4. The standard InChI is InChI=1S/C21H22O6/c1-11(2)4-6-14-16(24)9-19-20(21(14)26-3)17(25)10-18(27-19)13-7-5-12(22)8-15(13)23/h4-5,7-9,18,22-24H,6,10H2,1-3H3. The summed E-state index contributed by atoms with van der Waals surface area (Å²) in [6, 6.07) is 5.53. The second-order valence-corrected chi connectivity index (χ2v) is 6.74. The Labute approximate surface area is 157 Å². The smallest absolute Gasteiger partial charge is 0.174 e. The number of hydrogen-bond acceptors (Lipinski definition) is 6. The summed E-state index contributed by atoms with van der Waals surface area (Å²) in [5.74, 6) is 0.0463. The Morgan fingerprint density at radius 1 is 1.22 bits per heavy atom. The van der Waals surface area contributed by atoms with Gasteiger partial charge < -0.3 is 24.8 Å². The fourth-order valence-corrected chi connectivity index (χ4v) is 3.19. The van der Waals surface area contributed by atoms with Crippen molar-refractivity contribution in [3.63, 3.8) is 0 Å². The fraction of sp³-hybridized carbons (Fsp3) is 0.286. The number of carbonyl (C=O) groups excluding carboxylic acids is 1. The molecule has 2 aromatic carbocycles. The van der Waals surface area contributed by atoms with E-state index < -0.39 is 6.10 Å². The molecule has 0 aliphatic carbocycles. The highest BCUT2D eigenvalue weighted by Gasteiger charge is 2.34. The summed E-state index contributed by atoms with van der Waals surface area (Å²) < 4.78 is 11.3. The minimum absolute atomic E-state index is 0.00849. The minimum atomic E-state index is -0.724. The van der Waals surface area contributed by atoms with Crippen LogP contribution in [0.3, 0.4) is 0 Å². The van der Waals surface area contributed by atoms with Crippen LogP contribution in [0.15, 0.2) is 35.9 Å². The average molecular weight is 370 g/mol. The van der Waals surface area contributed by atoms with Crippen LogP contribution < -0.4 is 9.47 Å². The third-order valence-electron chi connectivity index (χ3n) is 4.52. The summed E-state index contributed by atoms with van der Waals surface area (Å²) in [7, 11) is 1.45. The number of allylic oxidation sites excluding steroid dienone is 2. The van der Waals surface area contributed by atoms with E-state index in [4.69, 9.17) is 9.47 Å². The van der Waals surface area contributed by atoms with E-state index in [1.165, 1.54) is 31.4 Å². The van der Waals surface area contributed by atoms with E-state index in [1.54, 1.807) is 0 Å². The second-order valence-electron chi connectivity index (χ2n) is 6.74. The van der Waals surface area contributed by atoms with Crippen LogP contribution in [0.1, 0.15) is 47.9 Å². The number of aromatic hydroxyl groups is 3. The van der Waals surface area contributed by atoms with Crippen LogP contribution in [-0.2, 0) is 6.42 Å². The molecule has 1 unspecified atom stereocenters. The lowest BCUT2D eigenvalue weighted by atomic mass is 9.92. The number of benzene rings is 2. The van der Waals surface area contributed by atoms with Gasteiger partial charge in [0.25, 0.3) is 0 Å². The van der Waals surface area contributed by atoms with Crippen molar-refractivity contribution in [3.05, 3.63) is 52.6 Å². The number of ether oxygens (including phenoxy) is 2. The summed E-state index contributed by atoms with van der Waals surface area (Å²) >= 11 is 0. The molecule has 0 aromatic heterocycles. The maximum absolute atomic E-state index is 12.8. The number of hydrogen-bond donors (Lipinski definition) is 3. The monoisotopic (exact) mass is 370 g/mol. The van der Waals surface area contributed by atoms with Crippen molar-refractivity contribution in [1.82, 2.24) is 0 Å². The molecule has 2 aromatic rings. The lowest BCUT2D eigenvalue weighted by Gasteiger charge is -2.28. The molecule has 0 fully saturated rings. The van der Waals surface area contributed by atoms with Crippen molar-refractivity contribution < 1.29 is 29.6 Å². The summed E-state index contributed by atoms with van der Waals surface area (Å²) in [5, 5.41) is 30.0. The van der Waals surface area contributed by atoms with Crippen LogP contribution in [0, 0.1) is 0 Å². The van der Waals surface area contributed by atoms with Crippen LogP contribution in [0.5, 0.6) is 28.7 Å². The van der Waals surface area contributed by atoms with E-state index in [2.05, 4.69) is 0 Å². The summed E-state index contributed by atoms with van der Waals surface area (Å²) in [5.41, 5.74) is 2.29. The molecule has 3 N–H and O–H groups in total. The predicted molar refractivity (Wildman–Crippen MR) is 99.9 cm³/mol. The van der Waals surface area contributed by atoms with Crippen LogP contribution in [0.2, 0.25) is 0 Å². The molecule has 6 nitrogen and oxygen atoms in total. The quantitative estimate of drug-likeness (QED) is 0.703. The molecular weight excluding hydrogens is 348 g/mol. The van der Waals surface area contributed by atoms with Gasteiger partial charge in [0.15, 0.2) is 5.78 Å². The third-order valence-corrected chi connectivity index (χ3v) is 4.52. The molecule has 1 aliphatic heterocycles. The maximum Gasteiger partial charge on any atom is 0.174 e. The van der Waals surface area contributed by atoms with Crippen molar-refractivity contribution in [2.45, 2.75) is 32.8 Å². The van der Waals surface area contributed by atoms with Gasteiger partial charge in [0.2, 0.25) is 0 Å². The van der Waals surface area contributed by atoms with E-state index in [-0.39, 0.29) is 35.2 Å². The summed E-state index contributed by atoms with van der Waals surface area (Å²) in [4.78, 5) is 12.8.